The van der Waals surface area contributed by atoms with Crippen LogP contribution in [0.3, 0.4) is 0 Å². The zero-order chi connectivity index (χ0) is 15.1. The Kier molecular flexibility index (Phi) is 5.60. The zero-order valence-corrected chi connectivity index (χ0v) is 12.4. The molecule has 5 nitrogen and oxygen atoms in total. The molecule has 2 rings (SSSR count). The van der Waals surface area contributed by atoms with Gasteiger partial charge in [0.25, 0.3) is 5.91 Å². The summed E-state index contributed by atoms with van der Waals surface area (Å²) in [5.74, 6) is -0.351. The maximum atomic E-state index is 12.1. The molecule has 1 fully saturated rings. The first-order valence-corrected chi connectivity index (χ1v) is 7.40. The van der Waals surface area contributed by atoms with Gasteiger partial charge in [0.15, 0.2) is 0 Å². The molecular weight excluding hydrogens is 268 g/mol. The smallest absolute Gasteiger partial charge is 0.325 e. The first-order chi connectivity index (χ1) is 10.2. The molecule has 1 amide bonds. The van der Waals surface area contributed by atoms with E-state index in [2.05, 4.69) is 15.4 Å². The molecule has 0 unspecified atom stereocenters. The molecule has 1 aromatic rings. The Hall–Kier alpha value is -2.04. The van der Waals surface area contributed by atoms with E-state index < -0.39 is 0 Å². The van der Waals surface area contributed by atoms with Crippen LogP contribution in [0, 0.1) is 0 Å². The largest absolute Gasteiger partial charge is 0.468 e. The maximum absolute atomic E-state index is 12.1. The summed E-state index contributed by atoms with van der Waals surface area (Å²) >= 11 is 0. The average Bonchev–Trinajstić information content (AvgIpc) is 2.54. The second kappa shape index (κ2) is 7.67. The van der Waals surface area contributed by atoms with Crippen LogP contribution in [0.4, 0.5) is 5.69 Å². The normalized spacial score (nSPS) is 15.3. The highest BCUT2D eigenvalue weighted by atomic mass is 16.5. The van der Waals surface area contributed by atoms with Crippen molar-refractivity contribution in [3.05, 3.63) is 29.8 Å². The van der Waals surface area contributed by atoms with Gasteiger partial charge < -0.3 is 15.4 Å². The first-order valence-electron chi connectivity index (χ1n) is 7.40. The fourth-order valence-electron chi connectivity index (χ4n) is 2.50. The van der Waals surface area contributed by atoms with E-state index in [4.69, 9.17) is 0 Å². The number of esters is 1. The molecule has 0 bridgehead atoms. The number of carbonyl (C=O) groups excluding carboxylic acids is 2. The lowest BCUT2D eigenvalue weighted by atomic mass is 9.95. The summed E-state index contributed by atoms with van der Waals surface area (Å²) in [6, 6.07) is 7.41. The van der Waals surface area contributed by atoms with E-state index in [1.807, 2.05) is 0 Å². The van der Waals surface area contributed by atoms with Gasteiger partial charge in [0, 0.05) is 17.3 Å². The molecule has 0 heterocycles. The second-order valence-electron chi connectivity index (χ2n) is 5.32. The minimum absolute atomic E-state index is 0.0265. The quantitative estimate of drug-likeness (QED) is 0.817. The number of amides is 1. The minimum Gasteiger partial charge on any atom is -0.468 e. The molecule has 21 heavy (non-hydrogen) atoms. The number of rotatable bonds is 5. The molecule has 0 aromatic heterocycles. The summed E-state index contributed by atoms with van der Waals surface area (Å²) in [4.78, 5) is 23.2. The average molecular weight is 290 g/mol. The monoisotopic (exact) mass is 290 g/mol. The Balaban J connectivity index is 1.85. The van der Waals surface area contributed by atoms with Crippen LogP contribution in [0.2, 0.25) is 0 Å². The van der Waals surface area contributed by atoms with E-state index in [0.717, 1.165) is 18.5 Å². The Morgan fingerprint density at radius 2 is 1.81 bits per heavy atom. The van der Waals surface area contributed by atoms with E-state index in [9.17, 15) is 9.59 Å². The van der Waals surface area contributed by atoms with E-state index >= 15 is 0 Å². The molecule has 1 saturated carbocycles. The van der Waals surface area contributed by atoms with Crippen molar-refractivity contribution in [1.82, 2.24) is 5.32 Å². The summed E-state index contributed by atoms with van der Waals surface area (Å²) < 4.78 is 4.55. The molecule has 2 N–H and O–H groups in total. The third-order valence-corrected chi connectivity index (χ3v) is 3.75. The van der Waals surface area contributed by atoms with Crippen LogP contribution in [-0.4, -0.2) is 31.6 Å². The van der Waals surface area contributed by atoms with Gasteiger partial charge in [0.05, 0.1) is 7.11 Å². The summed E-state index contributed by atoms with van der Waals surface area (Å²) in [5.41, 5.74) is 1.43. The third kappa shape index (κ3) is 4.77. The van der Waals surface area contributed by atoms with Gasteiger partial charge in [-0.25, -0.2) is 0 Å². The van der Waals surface area contributed by atoms with Crippen LogP contribution in [0.1, 0.15) is 42.5 Å². The fraction of sp³-hybridized carbons (Fsp3) is 0.500. The van der Waals surface area contributed by atoms with Crippen molar-refractivity contribution in [2.75, 3.05) is 19.0 Å². The topological polar surface area (TPSA) is 67.4 Å². The van der Waals surface area contributed by atoms with Crippen LogP contribution in [0.15, 0.2) is 24.3 Å². The summed E-state index contributed by atoms with van der Waals surface area (Å²) in [7, 11) is 1.35. The van der Waals surface area contributed by atoms with Crippen molar-refractivity contribution < 1.29 is 14.3 Å². The lowest BCUT2D eigenvalue weighted by molar-refractivity contribution is -0.138. The predicted octanol–water partition coefficient (Wildman–Crippen LogP) is 2.33. The van der Waals surface area contributed by atoms with Gasteiger partial charge in [0.2, 0.25) is 0 Å². The van der Waals surface area contributed by atoms with E-state index in [0.29, 0.717) is 11.6 Å². The third-order valence-electron chi connectivity index (χ3n) is 3.75. The molecule has 5 heteroatoms. The fourth-order valence-corrected chi connectivity index (χ4v) is 2.50. The summed E-state index contributed by atoms with van der Waals surface area (Å²) in [5, 5.41) is 6.02. The van der Waals surface area contributed by atoms with Crippen molar-refractivity contribution in [2.24, 2.45) is 0 Å². The van der Waals surface area contributed by atoms with Crippen LogP contribution in [0.25, 0.3) is 0 Å². The molecule has 1 aliphatic rings. The van der Waals surface area contributed by atoms with Crippen LogP contribution < -0.4 is 10.6 Å². The van der Waals surface area contributed by atoms with Crippen molar-refractivity contribution in [3.8, 4) is 0 Å². The number of hydrogen-bond acceptors (Lipinski definition) is 4. The second-order valence-corrected chi connectivity index (χ2v) is 5.32. The highest BCUT2D eigenvalue weighted by Gasteiger charge is 2.16. The molecule has 1 aliphatic carbocycles. The van der Waals surface area contributed by atoms with Gasteiger partial charge in [0.1, 0.15) is 6.54 Å². The number of nitrogens with one attached hydrogen (secondary N) is 2. The lowest BCUT2D eigenvalue weighted by Crippen LogP contribution is -2.36. The summed E-state index contributed by atoms with van der Waals surface area (Å²) in [6.45, 7) is 0.115. The highest BCUT2D eigenvalue weighted by Crippen LogP contribution is 2.18. The van der Waals surface area contributed by atoms with Gasteiger partial charge in [-0.1, -0.05) is 19.3 Å². The molecule has 114 valence electrons. The van der Waals surface area contributed by atoms with Gasteiger partial charge in [-0.2, -0.15) is 0 Å². The number of ether oxygens (including phenoxy) is 1. The molecule has 0 radical (unpaired) electrons. The molecule has 0 spiro atoms. The molecule has 0 aliphatic heterocycles. The first kappa shape index (κ1) is 15.4. The number of carbonyl (C=O) groups is 2. The van der Waals surface area contributed by atoms with Crippen LogP contribution >= 0.6 is 0 Å². The lowest BCUT2D eigenvalue weighted by Gasteiger charge is -2.22. The van der Waals surface area contributed by atoms with Gasteiger partial charge >= 0.3 is 5.97 Å². The Labute approximate surface area is 125 Å². The number of methoxy groups -OCH3 is 1. The minimum atomic E-state index is -0.325. The standard InChI is InChI=1S/C16H22N2O3/c1-21-15(19)11-17-13-9-7-12(8-10-13)16(20)18-14-5-3-2-4-6-14/h7-10,14,17H,2-6,11H2,1H3,(H,18,20). The van der Waals surface area contributed by atoms with Crippen molar-refractivity contribution >= 4 is 17.6 Å². The number of hydrogen-bond donors (Lipinski definition) is 2. The Bertz CT molecular complexity index is 479. The van der Waals surface area contributed by atoms with Crippen LogP contribution in [-0.2, 0) is 9.53 Å². The SMILES string of the molecule is COC(=O)CNc1ccc(C(=O)NC2CCCCC2)cc1. The van der Waals surface area contributed by atoms with Crippen LogP contribution in [0.5, 0.6) is 0 Å². The maximum Gasteiger partial charge on any atom is 0.325 e. The van der Waals surface area contributed by atoms with Crippen molar-refractivity contribution in [3.63, 3.8) is 0 Å². The van der Waals surface area contributed by atoms with E-state index in [1.165, 1.54) is 26.4 Å². The van der Waals surface area contributed by atoms with Crippen molar-refractivity contribution in [1.29, 1.82) is 0 Å². The molecule has 0 saturated heterocycles. The number of benzene rings is 1. The van der Waals surface area contributed by atoms with E-state index in [-0.39, 0.29) is 18.4 Å². The number of anilines is 1. The predicted molar refractivity (Wildman–Crippen MR) is 81.3 cm³/mol. The van der Waals surface area contributed by atoms with Crippen molar-refractivity contribution in [2.45, 2.75) is 38.1 Å². The molecular formula is C16H22N2O3. The van der Waals surface area contributed by atoms with Gasteiger partial charge in [-0.15, -0.1) is 0 Å². The van der Waals surface area contributed by atoms with Gasteiger partial charge in [-0.3, -0.25) is 9.59 Å². The molecule has 0 atom stereocenters. The Morgan fingerprint density at radius 3 is 2.43 bits per heavy atom. The zero-order valence-electron chi connectivity index (χ0n) is 12.4. The Morgan fingerprint density at radius 1 is 1.14 bits per heavy atom. The summed E-state index contributed by atoms with van der Waals surface area (Å²) in [6.07, 6.45) is 5.81. The van der Waals surface area contributed by atoms with Gasteiger partial charge in [-0.05, 0) is 37.1 Å². The van der Waals surface area contributed by atoms with E-state index in [1.54, 1.807) is 24.3 Å². The molecule has 1 aromatic carbocycles. The highest BCUT2D eigenvalue weighted by molar-refractivity contribution is 5.94.